The van der Waals surface area contributed by atoms with Crippen LogP contribution in [0.3, 0.4) is 0 Å². The van der Waals surface area contributed by atoms with Gasteiger partial charge in [0.05, 0.1) is 0 Å². The first-order valence-electron chi connectivity index (χ1n) is 3.24. The number of rotatable bonds is 3. The zero-order valence-electron chi connectivity index (χ0n) is 6.71. The van der Waals surface area contributed by atoms with E-state index in [1.54, 1.807) is 0 Å². The normalized spacial score (nSPS) is 17.7. The van der Waals surface area contributed by atoms with E-state index in [2.05, 4.69) is 2.85 Å². The number of alkyl halides is 7. The Morgan fingerprint density at radius 3 is 1.71 bits per heavy atom. The summed E-state index contributed by atoms with van der Waals surface area (Å²) in [5.74, 6) is 0. The average molecular weight is 393 g/mol. The van der Waals surface area contributed by atoms with Crippen molar-refractivity contribution in [1.29, 1.82) is 0 Å². The van der Waals surface area contributed by atoms with Crippen molar-refractivity contribution in [3.05, 3.63) is 0 Å². The van der Waals surface area contributed by atoms with Crippen LogP contribution in [-0.2, 0) is 26.2 Å². The van der Waals surface area contributed by atoms with E-state index in [9.17, 15) is 30.7 Å². The Hall–Kier alpha value is 0.340. The van der Waals surface area contributed by atoms with E-state index in [0.717, 1.165) is 0 Å². The summed E-state index contributed by atoms with van der Waals surface area (Å²) in [6, 6.07) is 0. The Balaban J connectivity index is 3.96. The average Bonchev–Trinajstić information content (AvgIpc) is 1.95. The Bertz CT molecular complexity index is 156. The van der Waals surface area contributed by atoms with Crippen molar-refractivity contribution in [3.8, 4) is 0 Å². The standard InChI is InChI=1S/C3H4F3O.C2HF4.Hf/c1-2(7)3(4,5)6;3-1-2(4,5)6;/h2H,1H3;1H;/q-1;;+1. The van der Waals surface area contributed by atoms with E-state index in [-0.39, 0.29) is 0 Å². The van der Waals surface area contributed by atoms with Crippen LogP contribution in [0, 0.1) is 0 Å². The fourth-order valence-electron chi connectivity index (χ4n) is 0.295. The Kier molecular flexibility index (Phi) is 5.03. The molecule has 1 nitrogen and oxygen atoms in total. The fourth-order valence-corrected chi connectivity index (χ4v) is 2.42. The first-order chi connectivity index (χ1) is 6.05. The molecule has 0 aliphatic heterocycles. The zero-order chi connectivity index (χ0) is 11.6. The molecule has 14 heavy (non-hydrogen) atoms. The molecule has 0 aromatic rings. The second-order valence-corrected chi connectivity index (χ2v) is 5.84. The molecular weight excluding hydrogens is 388 g/mol. The van der Waals surface area contributed by atoms with Gasteiger partial charge < -0.3 is 0 Å². The van der Waals surface area contributed by atoms with Crippen LogP contribution in [0.4, 0.5) is 30.7 Å². The third kappa shape index (κ3) is 5.28. The predicted molar refractivity (Wildman–Crippen MR) is 27.6 cm³/mol. The molecule has 0 amide bonds. The summed E-state index contributed by atoms with van der Waals surface area (Å²) >= 11 is -3.41. The van der Waals surface area contributed by atoms with Gasteiger partial charge in [0, 0.05) is 0 Å². The van der Waals surface area contributed by atoms with Crippen molar-refractivity contribution in [1.82, 2.24) is 0 Å². The van der Waals surface area contributed by atoms with Crippen LogP contribution in [0.1, 0.15) is 6.92 Å². The van der Waals surface area contributed by atoms with E-state index in [0.29, 0.717) is 6.92 Å². The zero-order valence-corrected chi connectivity index (χ0v) is 10.3. The van der Waals surface area contributed by atoms with Gasteiger partial charge in [0.2, 0.25) is 0 Å². The monoisotopic (exact) mass is 394 g/mol. The fraction of sp³-hybridized carbons (Fsp3) is 1.00. The third-order valence-corrected chi connectivity index (χ3v) is 4.78. The van der Waals surface area contributed by atoms with E-state index in [4.69, 9.17) is 0 Å². The summed E-state index contributed by atoms with van der Waals surface area (Å²) < 4.78 is 82.4. The molecule has 0 saturated carbocycles. The Morgan fingerprint density at radius 1 is 1.00 bits per heavy atom. The molecule has 0 bridgehead atoms. The summed E-state index contributed by atoms with van der Waals surface area (Å²) in [5.41, 5.74) is 0. The quantitative estimate of drug-likeness (QED) is 0.530. The van der Waals surface area contributed by atoms with Gasteiger partial charge in [0.1, 0.15) is 0 Å². The maximum absolute atomic E-state index is 12.1. The van der Waals surface area contributed by atoms with E-state index in [1.165, 1.54) is 0 Å². The second kappa shape index (κ2) is 4.91. The molecule has 2 atom stereocenters. The third-order valence-electron chi connectivity index (χ3n) is 1.10. The van der Waals surface area contributed by atoms with Gasteiger partial charge in [-0.3, -0.25) is 0 Å². The Labute approximate surface area is 86.6 Å². The van der Waals surface area contributed by atoms with Crippen LogP contribution in [0.2, 0.25) is 0 Å². The molecule has 0 heterocycles. The minimum absolute atomic E-state index is 0.552. The van der Waals surface area contributed by atoms with Crippen molar-refractivity contribution in [2.24, 2.45) is 0 Å². The summed E-state index contributed by atoms with van der Waals surface area (Å²) in [7, 11) is 0. The van der Waals surface area contributed by atoms with Gasteiger partial charge in [0.15, 0.2) is 0 Å². The van der Waals surface area contributed by atoms with Gasteiger partial charge >= 0.3 is 86.2 Å². The van der Waals surface area contributed by atoms with Crippen molar-refractivity contribution in [2.75, 3.05) is 0 Å². The number of hydrogen-bond donors (Lipinski definition) is 0. The van der Waals surface area contributed by atoms with Crippen LogP contribution in [0.15, 0.2) is 0 Å². The Morgan fingerprint density at radius 2 is 1.43 bits per heavy atom. The van der Waals surface area contributed by atoms with E-state index in [1.807, 2.05) is 0 Å². The van der Waals surface area contributed by atoms with E-state index >= 15 is 0 Å². The van der Waals surface area contributed by atoms with Gasteiger partial charge in [0.25, 0.3) is 0 Å². The molecule has 0 N–H and O–H groups in total. The molecule has 9 heteroatoms. The minimum atomic E-state index is -5.10. The molecule has 84 valence electrons. The molecule has 0 fully saturated rings. The SMILES string of the molecule is CC([O][Hf][CH](F)C(F)(F)F)C(F)(F)F. The molecule has 2 unspecified atom stereocenters. The molecule has 0 aliphatic carbocycles. The first kappa shape index (κ1) is 14.3. The van der Waals surface area contributed by atoms with Gasteiger partial charge in [-0.2, -0.15) is 0 Å². The van der Waals surface area contributed by atoms with E-state index < -0.39 is 45.7 Å². The summed E-state index contributed by atoms with van der Waals surface area (Å²) in [6.07, 6.45) is -12.2. The first-order valence-corrected chi connectivity index (χ1v) is 6.78. The molecule has 0 saturated heterocycles. The van der Waals surface area contributed by atoms with Crippen molar-refractivity contribution in [2.45, 2.75) is 29.3 Å². The second-order valence-electron chi connectivity index (χ2n) is 2.32. The molecule has 0 aromatic carbocycles. The van der Waals surface area contributed by atoms with Crippen molar-refractivity contribution >= 4 is 0 Å². The van der Waals surface area contributed by atoms with Crippen molar-refractivity contribution in [3.63, 3.8) is 0 Å². The molecular formula is C5H5F7HfO. The van der Waals surface area contributed by atoms with Gasteiger partial charge in [-0.15, -0.1) is 0 Å². The van der Waals surface area contributed by atoms with Crippen LogP contribution >= 0.6 is 0 Å². The molecule has 0 aromatic heterocycles. The molecule has 0 aliphatic rings. The summed E-state index contributed by atoms with van der Waals surface area (Å²) in [4.78, 5) is 0. The molecule has 0 rings (SSSR count). The van der Waals surface area contributed by atoms with Gasteiger partial charge in [-0.05, 0) is 0 Å². The number of halogens is 7. The van der Waals surface area contributed by atoms with Crippen LogP contribution in [-0.4, -0.2) is 22.4 Å². The maximum atomic E-state index is 12.1. The molecule has 0 radical (unpaired) electrons. The number of hydrogen-bond acceptors (Lipinski definition) is 1. The molecule has 0 spiro atoms. The van der Waals surface area contributed by atoms with Crippen LogP contribution in [0.5, 0.6) is 0 Å². The van der Waals surface area contributed by atoms with Crippen LogP contribution in [0.25, 0.3) is 0 Å². The van der Waals surface area contributed by atoms with Gasteiger partial charge in [-0.1, -0.05) is 0 Å². The van der Waals surface area contributed by atoms with Crippen molar-refractivity contribution < 1.29 is 56.9 Å². The predicted octanol–water partition coefficient (Wildman–Crippen LogP) is 2.81. The van der Waals surface area contributed by atoms with Crippen LogP contribution < -0.4 is 0 Å². The topological polar surface area (TPSA) is 9.23 Å². The summed E-state index contributed by atoms with van der Waals surface area (Å²) in [5, 5.41) is 0. The summed E-state index contributed by atoms with van der Waals surface area (Å²) in [6.45, 7) is 0.552. The van der Waals surface area contributed by atoms with Gasteiger partial charge in [-0.25, -0.2) is 0 Å².